The number of methoxy groups -OCH3 is 1. The van der Waals surface area contributed by atoms with E-state index in [2.05, 4.69) is 12.2 Å². The smallest absolute Gasteiger partial charge is 0.0722 e. The van der Waals surface area contributed by atoms with E-state index >= 15 is 0 Å². The first kappa shape index (κ1) is 12.3. The van der Waals surface area contributed by atoms with Gasteiger partial charge < -0.3 is 14.8 Å². The molecule has 1 aliphatic heterocycles. The molecule has 1 N–H and O–H groups in total. The summed E-state index contributed by atoms with van der Waals surface area (Å²) in [5.74, 6) is 0. The maximum atomic E-state index is 6.10. The highest BCUT2D eigenvalue weighted by molar-refractivity contribution is 4.94. The summed E-state index contributed by atoms with van der Waals surface area (Å²) in [6.07, 6.45) is 7.49. The molecular weight excluding hydrogens is 202 g/mol. The van der Waals surface area contributed by atoms with Gasteiger partial charge in [0.15, 0.2) is 0 Å². The highest BCUT2D eigenvalue weighted by Gasteiger charge is 2.41. The molecule has 3 nitrogen and oxygen atoms in total. The lowest BCUT2D eigenvalue weighted by molar-refractivity contribution is -0.136. The molecule has 0 bridgehead atoms. The quantitative estimate of drug-likeness (QED) is 0.801. The van der Waals surface area contributed by atoms with E-state index in [-0.39, 0.29) is 5.60 Å². The van der Waals surface area contributed by atoms with Crippen LogP contribution >= 0.6 is 0 Å². The van der Waals surface area contributed by atoms with Crippen molar-refractivity contribution in [1.29, 1.82) is 0 Å². The lowest BCUT2D eigenvalue weighted by Gasteiger charge is -2.45. The van der Waals surface area contributed by atoms with Crippen LogP contribution in [0.5, 0.6) is 0 Å². The number of hydrogen-bond donors (Lipinski definition) is 1. The molecule has 0 radical (unpaired) electrons. The van der Waals surface area contributed by atoms with Gasteiger partial charge in [-0.2, -0.15) is 0 Å². The molecular formula is C13H25NO2. The Morgan fingerprint density at radius 1 is 1.38 bits per heavy atom. The number of hydrogen-bond acceptors (Lipinski definition) is 3. The molecule has 2 rings (SSSR count). The van der Waals surface area contributed by atoms with E-state index in [4.69, 9.17) is 9.47 Å². The number of nitrogens with one attached hydrogen (secondary N) is 1. The topological polar surface area (TPSA) is 30.5 Å². The van der Waals surface area contributed by atoms with Gasteiger partial charge in [-0.05, 0) is 38.6 Å². The van der Waals surface area contributed by atoms with Crippen molar-refractivity contribution in [3.63, 3.8) is 0 Å². The van der Waals surface area contributed by atoms with E-state index in [0.717, 1.165) is 26.0 Å². The summed E-state index contributed by atoms with van der Waals surface area (Å²) in [6.45, 7) is 4.16. The SMILES string of the molecule is CCNC1CCOC2(CCCC(OC)C2)C1. The molecule has 0 amide bonds. The van der Waals surface area contributed by atoms with Gasteiger partial charge in [-0.25, -0.2) is 0 Å². The van der Waals surface area contributed by atoms with Crippen LogP contribution in [-0.4, -0.2) is 38.0 Å². The summed E-state index contributed by atoms with van der Waals surface area (Å²) >= 11 is 0. The molecule has 0 aromatic carbocycles. The summed E-state index contributed by atoms with van der Waals surface area (Å²) in [6, 6.07) is 0.648. The molecule has 1 aliphatic carbocycles. The Balaban J connectivity index is 1.94. The largest absolute Gasteiger partial charge is 0.381 e. The molecule has 1 saturated carbocycles. The van der Waals surface area contributed by atoms with Crippen LogP contribution in [0.15, 0.2) is 0 Å². The van der Waals surface area contributed by atoms with Crippen molar-refractivity contribution in [3.8, 4) is 0 Å². The van der Waals surface area contributed by atoms with E-state index in [1.165, 1.54) is 25.7 Å². The molecule has 3 atom stereocenters. The number of rotatable bonds is 3. The minimum absolute atomic E-state index is 0.115. The predicted octanol–water partition coefficient (Wildman–Crippen LogP) is 2.10. The average Bonchev–Trinajstić information content (AvgIpc) is 2.29. The van der Waals surface area contributed by atoms with Crippen molar-refractivity contribution in [1.82, 2.24) is 5.32 Å². The van der Waals surface area contributed by atoms with Crippen molar-refractivity contribution in [2.45, 2.75) is 63.2 Å². The first-order valence-electron chi connectivity index (χ1n) is 6.68. The van der Waals surface area contributed by atoms with E-state index in [0.29, 0.717) is 12.1 Å². The maximum absolute atomic E-state index is 6.10. The fourth-order valence-corrected chi connectivity index (χ4v) is 3.28. The molecule has 1 spiro atoms. The highest BCUT2D eigenvalue weighted by Crippen LogP contribution is 2.39. The van der Waals surface area contributed by atoms with Crippen LogP contribution in [0.1, 0.15) is 45.4 Å². The van der Waals surface area contributed by atoms with Gasteiger partial charge >= 0.3 is 0 Å². The van der Waals surface area contributed by atoms with Crippen LogP contribution < -0.4 is 5.32 Å². The minimum atomic E-state index is 0.115. The zero-order valence-corrected chi connectivity index (χ0v) is 10.6. The first-order chi connectivity index (χ1) is 7.78. The van der Waals surface area contributed by atoms with Gasteiger partial charge in [-0.15, -0.1) is 0 Å². The Bertz CT molecular complexity index is 216. The zero-order valence-electron chi connectivity index (χ0n) is 10.6. The van der Waals surface area contributed by atoms with Gasteiger partial charge in [-0.3, -0.25) is 0 Å². The highest BCUT2D eigenvalue weighted by atomic mass is 16.5. The summed E-state index contributed by atoms with van der Waals surface area (Å²) in [7, 11) is 1.83. The van der Waals surface area contributed by atoms with Crippen LogP contribution in [0.3, 0.4) is 0 Å². The van der Waals surface area contributed by atoms with E-state index < -0.39 is 0 Å². The summed E-state index contributed by atoms with van der Waals surface area (Å²) in [5, 5.41) is 3.57. The Labute approximate surface area is 98.9 Å². The van der Waals surface area contributed by atoms with Crippen LogP contribution in [-0.2, 0) is 9.47 Å². The van der Waals surface area contributed by atoms with Crippen molar-refractivity contribution < 1.29 is 9.47 Å². The molecule has 2 aliphatic rings. The standard InChI is InChI=1S/C13H25NO2/c1-3-14-11-6-8-16-13(9-11)7-4-5-12(10-13)15-2/h11-12,14H,3-10H2,1-2H3. The van der Waals surface area contributed by atoms with Crippen LogP contribution in [0.25, 0.3) is 0 Å². The fourth-order valence-electron chi connectivity index (χ4n) is 3.28. The van der Waals surface area contributed by atoms with Gasteiger partial charge in [0.05, 0.1) is 11.7 Å². The van der Waals surface area contributed by atoms with Gasteiger partial charge in [0.2, 0.25) is 0 Å². The maximum Gasteiger partial charge on any atom is 0.0722 e. The van der Waals surface area contributed by atoms with Gasteiger partial charge in [0, 0.05) is 26.2 Å². The average molecular weight is 227 g/mol. The first-order valence-corrected chi connectivity index (χ1v) is 6.68. The molecule has 2 fully saturated rings. The van der Waals surface area contributed by atoms with Crippen molar-refractivity contribution in [2.75, 3.05) is 20.3 Å². The fraction of sp³-hybridized carbons (Fsp3) is 1.00. The Morgan fingerprint density at radius 3 is 3.00 bits per heavy atom. The lowest BCUT2D eigenvalue weighted by Crippen LogP contribution is -2.50. The second-order valence-corrected chi connectivity index (χ2v) is 5.23. The number of ether oxygens (including phenoxy) is 2. The van der Waals surface area contributed by atoms with Gasteiger partial charge in [-0.1, -0.05) is 6.92 Å². The molecule has 3 unspecified atom stereocenters. The third-order valence-corrected chi connectivity index (χ3v) is 4.08. The van der Waals surface area contributed by atoms with Crippen molar-refractivity contribution >= 4 is 0 Å². The van der Waals surface area contributed by atoms with E-state index in [9.17, 15) is 0 Å². The second kappa shape index (κ2) is 5.48. The summed E-state index contributed by atoms with van der Waals surface area (Å²) in [4.78, 5) is 0. The Hall–Kier alpha value is -0.120. The molecule has 0 aromatic rings. The molecule has 3 heteroatoms. The second-order valence-electron chi connectivity index (χ2n) is 5.23. The lowest BCUT2D eigenvalue weighted by atomic mass is 9.77. The molecule has 1 heterocycles. The van der Waals surface area contributed by atoms with Crippen molar-refractivity contribution in [3.05, 3.63) is 0 Å². The van der Waals surface area contributed by atoms with Gasteiger partial charge in [0.1, 0.15) is 0 Å². The van der Waals surface area contributed by atoms with Crippen LogP contribution in [0.2, 0.25) is 0 Å². The van der Waals surface area contributed by atoms with Crippen LogP contribution in [0, 0.1) is 0 Å². The zero-order chi connectivity index (χ0) is 11.4. The summed E-state index contributed by atoms with van der Waals surface area (Å²) in [5.41, 5.74) is 0.115. The minimum Gasteiger partial charge on any atom is -0.381 e. The predicted molar refractivity (Wildman–Crippen MR) is 64.6 cm³/mol. The third-order valence-electron chi connectivity index (χ3n) is 4.08. The van der Waals surface area contributed by atoms with Crippen LogP contribution in [0.4, 0.5) is 0 Å². The molecule has 94 valence electrons. The van der Waals surface area contributed by atoms with Crippen molar-refractivity contribution in [2.24, 2.45) is 0 Å². The molecule has 16 heavy (non-hydrogen) atoms. The monoisotopic (exact) mass is 227 g/mol. The Morgan fingerprint density at radius 2 is 2.25 bits per heavy atom. The Kier molecular flexibility index (Phi) is 4.22. The normalized spacial score (nSPS) is 40.1. The van der Waals surface area contributed by atoms with E-state index in [1.54, 1.807) is 0 Å². The van der Waals surface area contributed by atoms with E-state index in [1.807, 2.05) is 7.11 Å². The van der Waals surface area contributed by atoms with Gasteiger partial charge in [0.25, 0.3) is 0 Å². The molecule has 1 saturated heterocycles. The molecule has 0 aromatic heterocycles. The third kappa shape index (κ3) is 2.76. The summed E-state index contributed by atoms with van der Waals surface area (Å²) < 4.78 is 11.6.